The predicted molar refractivity (Wildman–Crippen MR) is 69.1 cm³/mol. The standard InChI is InChI=1S/C15H14F3NO/c1-10-5-6-19-13(7-10)14(20)9-11-3-2-4-12(8-11)15(16,17)18/h2-8,14,20H,9H2,1H3. The number of aliphatic hydroxyl groups is 1. The summed E-state index contributed by atoms with van der Waals surface area (Å²) < 4.78 is 37.8. The van der Waals surface area contributed by atoms with Gasteiger partial charge in [-0.05, 0) is 36.2 Å². The molecule has 106 valence electrons. The third kappa shape index (κ3) is 3.57. The van der Waals surface area contributed by atoms with E-state index >= 15 is 0 Å². The van der Waals surface area contributed by atoms with Crippen molar-refractivity contribution >= 4 is 0 Å². The van der Waals surface area contributed by atoms with Crippen LogP contribution in [0.3, 0.4) is 0 Å². The van der Waals surface area contributed by atoms with Gasteiger partial charge in [-0.1, -0.05) is 18.2 Å². The Hall–Kier alpha value is -1.88. The number of hydrogen-bond acceptors (Lipinski definition) is 2. The molecule has 2 rings (SSSR count). The molecular weight excluding hydrogens is 267 g/mol. The fraction of sp³-hybridized carbons (Fsp3) is 0.267. The number of hydrogen-bond donors (Lipinski definition) is 1. The van der Waals surface area contributed by atoms with Gasteiger partial charge in [-0.2, -0.15) is 13.2 Å². The monoisotopic (exact) mass is 281 g/mol. The van der Waals surface area contributed by atoms with E-state index in [9.17, 15) is 18.3 Å². The molecule has 1 unspecified atom stereocenters. The molecule has 2 nitrogen and oxygen atoms in total. The van der Waals surface area contributed by atoms with Crippen LogP contribution in [0.2, 0.25) is 0 Å². The highest BCUT2D eigenvalue weighted by atomic mass is 19.4. The first-order chi connectivity index (χ1) is 9.36. The van der Waals surface area contributed by atoms with E-state index in [-0.39, 0.29) is 6.42 Å². The lowest BCUT2D eigenvalue weighted by molar-refractivity contribution is -0.137. The Morgan fingerprint density at radius 3 is 2.60 bits per heavy atom. The summed E-state index contributed by atoms with van der Waals surface area (Å²) in [4.78, 5) is 4.03. The zero-order chi connectivity index (χ0) is 14.8. The van der Waals surface area contributed by atoms with Crippen LogP contribution in [-0.2, 0) is 12.6 Å². The molecule has 0 spiro atoms. The van der Waals surface area contributed by atoms with Crippen molar-refractivity contribution in [2.75, 3.05) is 0 Å². The van der Waals surface area contributed by atoms with Gasteiger partial charge in [0, 0.05) is 12.6 Å². The Balaban J connectivity index is 2.18. The Kier molecular flexibility index (Phi) is 4.09. The number of pyridine rings is 1. The van der Waals surface area contributed by atoms with Crippen molar-refractivity contribution in [3.05, 3.63) is 65.0 Å². The molecule has 2 aromatic rings. The van der Waals surface area contributed by atoms with Crippen molar-refractivity contribution in [2.24, 2.45) is 0 Å². The van der Waals surface area contributed by atoms with Crippen LogP contribution >= 0.6 is 0 Å². The third-order valence-corrected chi connectivity index (χ3v) is 2.96. The van der Waals surface area contributed by atoms with Gasteiger partial charge >= 0.3 is 6.18 Å². The summed E-state index contributed by atoms with van der Waals surface area (Å²) >= 11 is 0. The summed E-state index contributed by atoms with van der Waals surface area (Å²) in [6, 6.07) is 8.49. The molecule has 1 N–H and O–H groups in total. The maximum atomic E-state index is 12.6. The second kappa shape index (κ2) is 5.63. The van der Waals surface area contributed by atoms with Crippen LogP contribution < -0.4 is 0 Å². The van der Waals surface area contributed by atoms with Gasteiger partial charge in [0.25, 0.3) is 0 Å². The molecule has 1 atom stereocenters. The number of alkyl halides is 3. The fourth-order valence-corrected chi connectivity index (χ4v) is 1.94. The molecule has 1 aromatic carbocycles. The smallest absolute Gasteiger partial charge is 0.386 e. The normalized spacial score (nSPS) is 13.2. The molecule has 0 amide bonds. The van der Waals surface area contributed by atoms with Gasteiger partial charge < -0.3 is 5.11 Å². The summed E-state index contributed by atoms with van der Waals surface area (Å²) in [6.45, 7) is 1.86. The number of nitrogens with zero attached hydrogens (tertiary/aromatic N) is 1. The Bertz CT molecular complexity index is 596. The van der Waals surface area contributed by atoms with Gasteiger partial charge in [0.05, 0.1) is 17.4 Å². The van der Waals surface area contributed by atoms with Gasteiger partial charge in [-0.25, -0.2) is 0 Å². The number of benzene rings is 1. The van der Waals surface area contributed by atoms with Crippen molar-refractivity contribution in [3.63, 3.8) is 0 Å². The molecular formula is C15H14F3NO. The minimum Gasteiger partial charge on any atom is -0.386 e. The fourth-order valence-electron chi connectivity index (χ4n) is 1.94. The minimum absolute atomic E-state index is 0.0976. The van der Waals surface area contributed by atoms with Gasteiger partial charge in [0.15, 0.2) is 0 Å². The van der Waals surface area contributed by atoms with Crippen LogP contribution in [0.25, 0.3) is 0 Å². The molecule has 0 saturated carbocycles. The SMILES string of the molecule is Cc1ccnc(C(O)Cc2cccc(C(F)(F)F)c2)c1. The lowest BCUT2D eigenvalue weighted by Crippen LogP contribution is -2.08. The van der Waals surface area contributed by atoms with Crippen LogP contribution in [0.4, 0.5) is 13.2 Å². The third-order valence-electron chi connectivity index (χ3n) is 2.96. The highest BCUT2D eigenvalue weighted by molar-refractivity contribution is 5.27. The minimum atomic E-state index is -4.37. The van der Waals surface area contributed by atoms with Crippen LogP contribution in [-0.4, -0.2) is 10.1 Å². The van der Waals surface area contributed by atoms with E-state index in [1.54, 1.807) is 24.4 Å². The molecule has 0 aliphatic carbocycles. The second-order valence-corrected chi connectivity index (χ2v) is 4.68. The largest absolute Gasteiger partial charge is 0.416 e. The van der Waals surface area contributed by atoms with Crippen LogP contribution in [0.1, 0.15) is 28.5 Å². The topological polar surface area (TPSA) is 33.1 Å². The van der Waals surface area contributed by atoms with E-state index < -0.39 is 17.8 Å². The first-order valence-electron chi connectivity index (χ1n) is 6.13. The van der Waals surface area contributed by atoms with E-state index in [1.807, 2.05) is 6.92 Å². The zero-order valence-corrected chi connectivity index (χ0v) is 10.9. The van der Waals surface area contributed by atoms with Crippen LogP contribution in [0, 0.1) is 6.92 Å². The molecule has 5 heteroatoms. The van der Waals surface area contributed by atoms with Gasteiger partial charge in [-0.3, -0.25) is 4.98 Å². The molecule has 1 heterocycles. The first-order valence-corrected chi connectivity index (χ1v) is 6.13. The summed E-state index contributed by atoms with van der Waals surface area (Å²) in [5.74, 6) is 0. The Labute approximate surface area is 114 Å². The molecule has 0 radical (unpaired) electrons. The average Bonchev–Trinajstić information content (AvgIpc) is 2.38. The zero-order valence-electron chi connectivity index (χ0n) is 10.9. The van der Waals surface area contributed by atoms with E-state index in [4.69, 9.17) is 0 Å². The number of rotatable bonds is 3. The maximum Gasteiger partial charge on any atom is 0.416 e. The Morgan fingerprint density at radius 2 is 1.95 bits per heavy atom. The number of halogens is 3. The van der Waals surface area contributed by atoms with Gasteiger partial charge in [0.2, 0.25) is 0 Å². The van der Waals surface area contributed by atoms with Crippen molar-refractivity contribution in [3.8, 4) is 0 Å². The van der Waals surface area contributed by atoms with Crippen LogP contribution in [0.15, 0.2) is 42.6 Å². The highest BCUT2D eigenvalue weighted by Gasteiger charge is 2.30. The van der Waals surface area contributed by atoms with Gasteiger partial charge in [-0.15, -0.1) is 0 Å². The summed E-state index contributed by atoms with van der Waals surface area (Å²) in [7, 11) is 0. The molecule has 0 fully saturated rings. The highest BCUT2D eigenvalue weighted by Crippen LogP contribution is 2.30. The van der Waals surface area contributed by atoms with E-state index in [0.29, 0.717) is 11.3 Å². The number of aliphatic hydroxyl groups excluding tert-OH is 1. The first kappa shape index (κ1) is 14.5. The van der Waals surface area contributed by atoms with Crippen molar-refractivity contribution in [2.45, 2.75) is 25.6 Å². The van der Waals surface area contributed by atoms with Crippen LogP contribution in [0.5, 0.6) is 0 Å². The maximum absolute atomic E-state index is 12.6. The summed E-state index contributed by atoms with van der Waals surface area (Å²) in [5.41, 5.74) is 1.12. The molecule has 0 bridgehead atoms. The van der Waals surface area contributed by atoms with E-state index in [0.717, 1.165) is 17.7 Å². The molecule has 1 aromatic heterocycles. The molecule has 20 heavy (non-hydrogen) atoms. The summed E-state index contributed by atoms with van der Waals surface area (Å²) in [5, 5.41) is 10.0. The second-order valence-electron chi connectivity index (χ2n) is 4.68. The number of aryl methyl sites for hydroxylation is 1. The quantitative estimate of drug-likeness (QED) is 0.930. The van der Waals surface area contributed by atoms with Crippen molar-refractivity contribution < 1.29 is 18.3 Å². The van der Waals surface area contributed by atoms with E-state index in [1.165, 1.54) is 6.07 Å². The lowest BCUT2D eigenvalue weighted by Gasteiger charge is -2.12. The molecule has 0 aliphatic rings. The molecule has 0 aliphatic heterocycles. The molecule has 0 saturated heterocycles. The lowest BCUT2D eigenvalue weighted by atomic mass is 10.0. The van der Waals surface area contributed by atoms with Crippen molar-refractivity contribution in [1.29, 1.82) is 0 Å². The van der Waals surface area contributed by atoms with E-state index in [2.05, 4.69) is 4.98 Å². The Morgan fingerprint density at radius 1 is 1.20 bits per heavy atom. The number of aromatic nitrogens is 1. The summed E-state index contributed by atoms with van der Waals surface area (Å²) in [6.07, 6.45) is -3.62. The van der Waals surface area contributed by atoms with Crippen molar-refractivity contribution in [1.82, 2.24) is 4.98 Å². The predicted octanol–water partition coefficient (Wildman–Crippen LogP) is 3.68. The van der Waals surface area contributed by atoms with Gasteiger partial charge in [0.1, 0.15) is 0 Å². The average molecular weight is 281 g/mol.